The zero-order chi connectivity index (χ0) is 15.6. The number of nitrogen functional groups attached to an aromatic ring is 1. The van der Waals surface area contributed by atoms with Crippen molar-refractivity contribution in [3.05, 3.63) is 57.8 Å². The van der Waals surface area contributed by atoms with Crippen LogP contribution in [0.1, 0.15) is 15.9 Å². The fraction of sp³-hybridized carbons (Fsp3) is 0.133. The van der Waals surface area contributed by atoms with Gasteiger partial charge in [0.05, 0.1) is 11.3 Å². The van der Waals surface area contributed by atoms with Crippen LogP contribution in [0.25, 0.3) is 0 Å². The van der Waals surface area contributed by atoms with Crippen LogP contribution in [0.5, 0.6) is 5.75 Å². The first-order valence-corrected chi connectivity index (χ1v) is 6.95. The van der Waals surface area contributed by atoms with E-state index in [0.717, 1.165) is 5.56 Å². The van der Waals surface area contributed by atoms with E-state index < -0.39 is 5.82 Å². The van der Waals surface area contributed by atoms with Crippen LogP contribution in [0.3, 0.4) is 0 Å². The van der Waals surface area contributed by atoms with Crippen LogP contribution in [0.15, 0.2) is 40.9 Å². The summed E-state index contributed by atoms with van der Waals surface area (Å²) in [5.74, 6) is -0.678. The predicted octanol–water partition coefficient (Wildman–Crippen LogP) is 3.15. The predicted molar refractivity (Wildman–Crippen MR) is 82.4 cm³/mol. The van der Waals surface area contributed by atoms with E-state index in [-0.39, 0.29) is 17.3 Å². The van der Waals surface area contributed by atoms with Crippen LogP contribution in [0, 0.1) is 5.82 Å². The number of aromatic hydroxyl groups is 1. The van der Waals surface area contributed by atoms with Gasteiger partial charge in [0.25, 0.3) is 5.91 Å². The Morgan fingerprint density at radius 3 is 2.57 bits per heavy atom. The third-order valence-electron chi connectivity index (χ3n) is 3.02. The van der Waals surface area contributed by atoms with E-state index in [1.165, 1.54) is 17.0 Å². The molecular formula is C15H14BrFN2O2. The first kappa shape index (κ1) is 15.3. The number of nitrogens with two attached hydrogens (primary N) is 1. The number of phenolic OH excluding ortho intramolecular Hbond substituents is 1. The molecule has 2 aromatic rings. The van der Waals surface area contributed by atoms with E-state index in [1.54, 1.807) is 31.3 Å². The molecule has 21 heavy (non-hydrogen) atoms. The van der Waals surface area contributed by atoms with Gasteiger partial charge in [-0.3, -0.25) is 4.79 Å². The van der Waals surface area contributed by atoms with Crippen molar-refractivity contribution >= 4 is 27.5 Å². The van der Waals surface area contributed by atoms with Crippen molar-refractivity contribution in [1.82, 2.24) is 4.90 Å². The van der Waals surface area contributed by atoms with Crippen LogP contribution < -0.4 is 5.73 Å². The molecule has 0 aliphatic heterocycles. The van der Waals surface area contributed by atoms with E-state index in [0.29, 0.717) is 16.6 Å². The van der Waals surface area contributed by atoms with Gasteiger partial charge in [0.15, 0.2) is 0 Å². The summed E-state index contributed by atoms with van der Waals surface area (Å²) in [6.07, 6.45) is 0. The number of phenols is 1. The Morgan fingerprint density at radius 2 is 1.95 bits per heavy atom. The number of carbonyl (C=O) groups excluding carboxylic acids is 1. The number of carbonyl (C=O) groups is 1. The highest BCUT2D eigenvalue weighted by Crippen LogP contribution is 2.24. The van der Waals surface area contributed by atoms with Gasteiger partial charge in [-0.25, -0.2) is 4.39 Å². The van der Waals surface area contributed by atoms with Gasteiger partial charge in [-0.15, -0.1) is 0 Å². The number of benzene rings is 2. The molecule has 0 aliphatic carbocycles. The van der Waals surface area contributed by atoms with E-state index in [9.17, 15) is 14.3 Å². The molecule has 3 N–H and O–H groups in total. The molecule has 4 nitrogen and oxygen atoms in total. The summed E-state index contributed by atoms with van der Waals surface area (Å²) >= 11 is 3.17. The van der Waals surface area contributed by atoms with Gasteiger partial charge in [-0.05, 0) is 45.8 Å². The molecule has 0 heterocycles. The summed E-state index contributed by atoms with van der Waals surface area (Å²) in [4.78, 5) is 13.9. The molecule has 2 aromatic carbocycles. The van der Waals surface area contributed by atoms with E-state index >= 15 is 0 Å². The van der Waals surface area contributed by atoms with Gasteiger partial charge < -0.3 is 15.7 Å². The van der Waals surface area contributed by atoms with Crippen LogP contribution in [0.4, 0.5) is 10.1 Å². The second kappa shape index (κ2) is 6.13. The average Bonchev–Trinajstić information content (AvgIpc) is 2.44. The average molecular weight is 353 g/mol. The Kier molecular flexibility index (Phi) is 4.47. The lowest BCUT2D eigenvalue weighted by molar-refractivity contribution is 0.0784. The standard InChI is InChI=1S/C15H14BrFN2O2/c1-19(8-9-2-4-10(20)5-3-9)15(21)11-6-14(18)13(17)7-12(11)16/h2-7,20H,8,18H2,1H3. The molecule has 0 aliphatic rings. The van der Waals surface area contributed by atoms with E-state index in [1.807, 2.05) is 0 Å². The number of hydrogen-bond donors (Lipinski definition) is 2. The van der Waals surface area contributed by atoms with Crippen molar-refractivity contribution in [1.29, 1.82) is 0 Å². The highest BCUT2D eigenvalue weighted by atomic mass is 79.9. The molecular weight excluding hydrogens is 339 g/mol. The van der Waals surface area contributed by atoms with Crippen molar-refractivity contribution in [3.63, 3.8) is 0 Å². The summed E-state index contributed by atoms with van der Waals surface area (Å²) in [7, 11) is 1.64. The van der Waals surface area contributed by atoms with Crippen molar-refractivity contribution in [2.45, 2.75) is 6.54 Å². The Hall–Kier alpha value is -2.08. The van der Waals surface area contributed by atoms with Crippen molar-refractivity contribution in [2.75, 3.05) is 12.8 Å². The zero-order valence-corrected chi connectivity index (χ0v) is 12.9. The summed E-state index contributed by atoms with van der Waals surface area (Å²) in [6.45, 7) is 0.364. The highest BCUT2D eigenvalue weighted by molar-refractivity contribution is 9.10. The molecule has 0 saturated carbocycles. The Bertz CT molecular complexity index is 674. The zero-order valence-electron chi connectivity index (χ0n) is 11.3. The molecule has 6 heteroatoms. The van der Waals surface area contributed by atoms with Gasteiger partial charge >= 0.3 is 0 Å². The maximum absolute atomic E-state index is 13.3. The van der Waals surface area contributed by atoms with E-state index in [4.69, 9.17) is 5.73 Å². The third kappa shape index (κ3) is 3.52. The maximum Gasteiger partial charge on any atom is 0.255 e. The lowest BCUT2D eigenvalue weighted by Crippen LogP contribution is -2.26. The third-order valence-corrected chi connectivity index (χ3v) is 3.68. The topological polar surface area (TPSA) is 66.6 Å². The first-order valence-electron chi connectivity index (χ1n) is 6.16. The normalized spacial score (nSPS) is 10.4. The molecule has 0 spiro atoms. The van der Waals surface area contributed by atoms with Crippen LogP contribution in [0.2, 0.25) is 0 Å². The SMILES string of the molecule is CN(Cc1ccc(O)cc1)C(=O)c1cc(N)c(F)cc1Br. The molecule has 0 unspecified atom stereocenters. The second-order valence-corrected chi connectivity index (χ2v) is 5.54. The van der Waals surface area contributed by atoms with Gasteiger partial charge in [0, 0.05) is 18.1 Å². The minimum absolute atomic E-state index is 0.0698. The molecule has 0 fully saturated rings. The monoisotopic (exact) mass is 352 g/mol. The van der Waals surface area contributed by atoms with Gasteiger partial charge in [-0.1, -0.05) is 12.1 Å². The highest BCUT2D eigenvalue weighted by Gasteiger charge is 2.17. The fourth-order valence-electron chi connectivity index (χ4n) is 1.88. The second-order valence-electron chi connectivity index (χ2n) is 4.68. The molecule has 0 bridgehead atoms. The van der Waals surface area contributed by atoms with Crippen molar-refractivity contribution < 1.29 is 14.3 Å². The smallest absolute Gasteiger partial charge is 0.255 e. The first-order chi connectivity index (χ1) is 9.88. The number of nitrogens with zero attached hydrogens (tertiary/aromatic N) is 1. The largest absolute Gasteiger partial charge is 0.508 e. The number of amides is 1. The molecule has 2 rings (SSSR count). The van der Waals surface area contributed by atoms with Gasteiger partial charge in [0.2, 0.25) is 0 Å². The number of halogens is 2. The minimum atomic E-state index is -0.570. The van der Waals surface area contributed by atoms with E-state index in [2.05, 4.69) is 15.9 Å². The molecule has 0 saturated heterocycles. The maximum atomic E-state index is 13.3. The fourth-order valence-corrected chi connectivity index (χ4v) is 2.37. The van der Waals surface area contributed by atoms with Crippen LogP contribution >= 0.6 is 15.9 Å². The quantitative estimate of drug-likeness (QED) is 0.833. The summed E-state index contributed by atoms with van der Waals surface area (Å²) in [5.41, 5.74) is 6.60. The lowest BCUT2D eigenvalue weighted by atomic mass is 10.1. The Labute approximate surface area is 130 Å². The number of rotatable bonds is 3. The van der Waals surface area contributed by atoms with Gasteiger partial charge in [-0.2, -0.15) is 0 Å². The summed E-state index contributed by atoms with van der Waals surface area (Å²) < 4.78 is 13.7. The lowest BCUT2D eigenvalue weighted by Gasteiger charge is -2.18. The molecule has 110 valence electrons. The number of hydrogen-bond acceptors (Lipinski definition) is 3. The summed E-state index contributed by atoms with van der Waals surface area (Å²) in [5, 5.41) is 9.23. The molecule has 0 aromatic heterocycles. The van der Waals surface area contributed by atoms with Crippen molar-refractivity contribution in [2.24, 2.45) is 0 Å². The molecule has 1 amide bonds. The number of anilines is 1. The van der Waals surface area contributed by atoms with Gasteiger partial charge in [0.1, 0.15) is 11.6 Å². The van der Waals surface area contributed by atoms with Crippen LogP contribution in [-0.4, -0.2) is 23.0 Å². The molecule has 0 atom stereocenters. The molecule has 0 radical (unpaired) electrons. The Morgan fingerprint density at radius 1 is 1.33 bits per heavy atom. The van der Waals surface area contributed by atoms with Crippen LogP contribution in [-0.2, 0) is 6.54 Å². The summed E-state index contributed by atoms with van der Waals surface area (Å²) in [6, 6.07) is 9.06. The van der Waals surface area contributed by atoms with Crippen molar-refractivity contribution in [3.8, 4) is 5.75 Å². The Balaban J connectivity index is 2.19. The minimum Gasteiger partial charge on any atom is -0.508 e.